The molecule has 0 radical (unpaired) electrons. The van der Waals surface area contributed by atoms with E-state index >= 15 is 0 Å². The van der Waals surface area contributed by atoms with Gasteiger partial charge in [-0.25, -0.2) is 4.72 Å². The summed E-state index contributed by atoms with van der Waals surface area (Å²) in [6.45, 7) is 3.92. The Morgan fingerprint density at radius 3 is 2.37 bits per heavy atom. The maximum absolute atomic E-state index is 12.0. The molecule has 1 aromatic heterocycles. The lowest BCUT2D eigenvalue weighted by Gasteiger charge is -2.26. The molecule has 1 rings (SSSR count). The molecule has 1 atom stereocenters. The molecule has 0 saturated heterocycles. The van der Waals surface area contributed by atoms with Crippen LogP contribution in [0.5, 0.6) is 0 Å². The predicted molar refractivity (Wildman–Crippen MR) is 75.0 cm³/mol. The van der Waals surface area contributed by atoms with Gasteiger partial charge in [-0.1, -0.05) is 0 Å². The Morgan fingerprint density at radius 2 is 1.95 bits per heavy atom. The molecule has 0 unspecified atom stereocenters. The zero-order chi connectivity index (χ0) is 14.6. The molecule has 110 valence electrons. The summed E-state index contributed by atoms with van der Waals surface area (Å²) in [5.74, 6) is 0.736. The lowest BCUT2D eigenvalue weighted by molar-refractivity contribution is 0.257. The van der Waals surface area contributed by atoms with Crippen LogP contribution in [-0.2, 0) is 10.2 Å². The van der Waals surface area contributed by atoms with Crippen molar-refractivity contribution in [3.63, 3.8) is 0 Å². The largest absolute Gasteiger partial charge is 0.468 e. The second-order valence-corrected chi connectivity index (χ2v) is 6.77. The van der Waals surface area contributed by atoms with Gasteiger partial charge in [-0.15, -0.1) is 0 Å². The van der Waals surface area contributed by atoms with Gasteiger partial charge in [0.05, 0.1) is 12.3 Å². The van der Waals surface area contributed by atoms with Crippen molar-refractivity contribution in [1.82, 2.24) is 13.9 Å². The number of hydrogen-bond donors (Lipinski definition) is 1. The summed E-state index contributed by atoms with van der Waals surface area (Å²) in [6, 6.07) is 3.41. The Kier molecular flexibility index (Phi) is 5.54. The van der Waals surface area contributed by atoms with Crippen LogP contribution < -0.4 is 4.72 Å². The fourth-order valence-corrected chi connectivity index (χ4v) is 2.71. The first-order valence-corrected chi connectivity index (χ1v) is 7.62. The number of hydrogen-bond acceptors (Lipinski definition) is 4. The van der Waals surface area contributed by atoms with Crippen molar-refractivity contribution in [3.05, 3.63) is 24.2 Å². The van der Waals surface area contributed by atoms with Gasteiger partial charge in [0.15, 0.2) is 0 Å². The van der Waals surface area contributed by atoms with Crippen LogP contribution in [0.3, 0.4) is 0 Å². The van der Waals surface area contributed by atoms with Crippen molar-refractivity contribution in [1.29, 1.82) is 0 Å². The molecule has 0 aliphatic carbocycles. The van der Waals surface area contributed by atoms with Crippen LogP contribution in [0.25, 0.3) is 0 Å². The van der Waals surface area contributed by atoms with E-state index in [1.165, 1.54) is 4.31 Å². The van der Waals surface area contributed by atoms with Gasteiger partial charge in [0.1, 0.15) is 5.76 Å². The molecule has 0 aromatic carbocycles. The van der Waals surface area contributed by atoms with E-state index in [-0.39, 0.29) is 18.6 Å². The SMILES string of the molecule is CC(C)N(C)S(=O)(=O)NC[C@H](c1ccco1)N(C)C. The highest BCUT2D eigenvalue weighted by atomic mass is 32.2. The quantitative estimate of drug-likeness (QED) is 0.815. The van der Waals surface area contributed by atoms with Gasteiger partial charge in [-0.2, -0.15) is 12.7 Å². The third-order valence-corrected chi connectivity index (χ3v) is 4.77. The molecule has 0 amide bonds. The summed E-state index contributed by atoms with van der Waals surface area (Å²) in [5, 5.41) is 0. The van der Waals surface area contributed by atoms with Crippen molar-refractivity contribution < 1.29 is 12.8 Å². The maximum atomic E-state index is 12.0. The molecule has 6 nitrogen and oxygen atoms in total. The molecule has 1 N–H and O–H groups in total. The Bertz CT molecular complexity index is 468. The van der Waals surface area contributed by atoms with Gasteiger partial charge in [0.25, 0.3) is 10.2 Å². The molecule has 0 bridgehead atoms. The number of furan rings is 1. The van der Waals surface area contributed by atoms with Crippen molar-refractivity contribution in [2.24, 2.45) is 0 Å². The van der Waals surface area contributed by atoms with Crippen LogP contribution in [0.2, 0.25) is 0 Å². The molecule has 0 aliphatic rings. The van der Waals surface area contributed by atoms with Gasteiger partial charge < -0.3 is 4.42 Å². The van der Waals surface area contributed by atoms with E-state index in [9.17, 15) is 8.42 Å². The van der Waals surface area contributed by atoms with E-state index < -0.39 is 10.2 Å². The molecular weight excluding hydrogens is 266 g/mol. The van der Waals surface area contributed by atoms with Crippen LogP contribution in [0.1, 0.15) is 25.6 Å². The Morgan fingerprint density at radius 1 is 1.32 bits per heavy atom. The lowest BCUT2D eigenvalue weighted by Crippen LogP contribution is -2.44. The monoisotopic (exact) mass is 289 g/mol. The van der Waals surface area contributed by atoms with Crippen molar-refractivity contribution in [2.45, 2.75) is 25.9 Å². The first-order chi connectivity index (χ1) is 8.75. The zero-order valence-electron chi connectivity index (χ0n) is 12.1. The normalized spacial score (nSPS) is 14.5. The van der Waals surface area contributed by atoms with Gasteiger partial charge in [-0.05, 0) is 40.1 Å². The van der Waals surface area contributed by atoms with E-state index in [1.54, 1.807) is 19.4 Å². The van der Waals surface area contributed by atoms with E-state index in [0.29, 0.717) is 0 Å². The topological polar surface area (TPSA) is 65.8 Å². The van der Waals surface area contributed by atoms with E-state index in [1.807, 2.05) is 38.9 Å². The minimum atomic E-state index is -3.46. The maximum Gasteiger partial charge on any atom is 0.279 e. The van der Waals surface area contributed by atoms with Crippen molar-refractivity contribution in [3.8, 4) is 0 Å². The molecule has 0 fully saturated rings. The van der Waals surface area contributed by atoms with Crippen LogP contribution in [0, 0.1) is 0 Å². The molecule has 0 saturated carbocycles. The van der Waals surface area contributed by atoms with Crippen LogP contribution in [-0.4, -0.2) is 51.4 Å². The second kappa shape index (κ2) is 6.51. The Hall–Kier alpha value is -0.890. The third-order valence-electron chi connectivity index (χ3n) is 3.06. The Labute approximate surface area is 115 Å². The summed E-state index contributed by atoms with van der Waals surface area (Å²) in [7, 11) is 1.86. The fourth-order valence-electron chi connectivity index (χ4n) is 1.58. The fraction of sp³-hybridized carbons (Fsp3) is 0.667. The standard InChI is InChI=1S/C12H23N3O3S/c1-10(2)15(5)19(16,17)13-9-11(14(3)4)12-7-6-8-18-12/h6-8,10-11,13H,9H2,1-5H3/t11-/m1/s1. The van der Waals surface area contributed by atoms with Gasteiger partial charge in [0.2, 0.25) is 0 Å². The van der Waals surface area contributed by atoms with E-state index in [0.717, 1.165) is 5.76 Å². The summed E-state index contributed by atoms with van der Waals surface area (Å²) >= 11 is 0. The van der Waals surface area contributed by atoms with Gasteiger partial charge in [-0.3, -0.25) is 4.90 Å². The van der Waals surface area contributed by atoms with Crippen LogP contribution in [0.4, 0.5) is 0 Å². The molecular formula is C12H23N3O3S. The number of rotatable bonds is 7. The highest BCUT2D eigenvalue weighted by Crippen LogP contribution is 2.18. The highest BCUT2D eigenvalue weighted by molar-refractivity contribution is 7.87. The lowest BCUT2D eigenvalue weighted by atomic mass is 10.2. The average Bonchev–Trinajstić information content (AvgIpc) is 2.81. The molecule has 7 heteroatoms. The van der Waals surface area contributed by atoms with E-state index in [2.05, 4.69) is 4.72 Å². The Balaban J connectivity index is 2.73. The number of likely N-dealkylation sites (N-methyl/N-ethyl adjacent to an activating group) is 1. The first kappa shape index (κ1) is 16.2. The average molecular weight is 289 g/mol. The number of nitrogens with zero attached hydrogens (tertiary/aromatic N) is 2. The highest BCUT2D eigenvalue weighted by Gasteiger charge is 2.24. The summed E-state index contributed by atoms with van der Waals surface area (Å²) < 4.78 is 33.3. The predicted octanol–water partition coefficient (Wildman–Crippen LogP) is 1.06. The molecule has 19 heavy (non-hydrogen) atoms. The third kappa shape index (κ3) is 4.31. The summed E-state index contributed by atoms with van der Waals surface area (Å²) in [5.41, 5.74) is 0. The van der Waals surface area contributed by atoms with Crippen LogP contribution >= 0.6 is 0 Å². The van der Waals surface area contributed by atoms with E-state index in [4.69, 9.17) is 4.42 Å². The smallest absolute Gasteiger partial charge is 0.279 e. The van der Waals surface area contributed by atoms with Gasteiger partial charge >= 0.3 is 0 Å². The first-order valence-electron chi connectivity index (χ1n) is 6.18. The van der Waals surface area contributed by atoms with Crippen molar-refractivity contribution >= 4 is 10.2 Å². The van der Waals surface area contributed by atoms with Gasteiger partial charge in [0, 0.05) is 19.6 Å². The summed E-state index contributed by atoms with van der Waals surface area (Å²) in [6.07, 6.45) is 1.58. The molecule has 1 aromatic rings. The minimum absolute atomic E-state index is 0.0843. The molecule has 0 spiro atoms. The molecule has 0 aliphatic heterocycles. The second-order valence-electron chi connectivity index (χ2n) is 4.96. The van der Waals surface area contributed by atoms with Crippen LogP contribution in [0.15, 0.2) is 22.8 Å². The van der Waals surface area contributed by atoms with Crippen molar-refractivity contribution in [2.75, 3.05) is 27.7 Å². The zero-order valence-corrected chi connectivity index (χ0v) is 12.9. The summed E-state index contributed by atoms with van der Waals surface area (Å²) in [4.78, 5) is 1.91. The number of nitrogens with one attached hydrogen (secondary N) is 1. The molecule has 1 heterocycles. The minimum Gasteiger partial charge on any atom is -0.468 e.